The van der Waals surface area contributed by atoms with Crippen molar-refractivity contribution < 1.29 is 14.4 Å². The Balaban J connectivity index is 1.63. The van der Waals surface area contributed by atoms with Gasteiger partial charge in [0.25, 0.3) is 0 Å². The molecule has 0 aromatic heterocycles. The van der Waals surface area contributed by atoms with Gasteiger partial charge in [0.1, 0.15) is 0 Å². The van der Waals surface area contributed by atoms with E-state index in [0.717, 1.165) is 16.8 Å². The fourth-order valence-corrected chi connectivity index (χ4v) is 4.18. The van der Waals surface area contributed by atoms with Crippen LogP contribution in [0.2, 0.25) is 5.02 Å². The summed E-state index contributed by atoms with van der Waals surface area (Å²) in [6.07, 6.45) is 0.234. The molecule has 4 rings (SSSR count). The molecule has 2 aliphatic heterocycles. The molecule has 2 aliphatic rings. The molecular formula is C21H21ClN4O3. The van der Waals surface area contributed by atoms with E-state index in [1.54, 1.807) is 22.9 Å². The van der Waals surface area contributed by atoms with Gasteiger partial charge in [0.05, 0.1) is 16.8 Å². The monoisotopic (exact) mass is 412 g/mol. The number of rotatable bonds is 3. The van der Waals surface area contributed by atoms with Gasteiger partial charge in [0.2, 0.25) is 5.91 Å². The summed E-state index contributed by atoms with van der Waals surface area (Å²) in [6, 6.07) is 12.7. The number of nitrogens with zero attached hydrogens (tertiary/aromatic N) is 3. The molecule has 5 amide bonds. The maximum Gasteiger partial charge on any atom is 0.328 e. The average molecular weight is 413 g/mol. The number of amides is 5. The maximum absolute atomic E-state index is 12.4. The highest BCUT2D eigenvalue weighted by Crippen LogP contribution is 2.37. The highest BCUT2D eigenvalue weighted by Gasteiger charge is 2.33. The number of anilines is 2. The number of halogens is 1. The Kier molecular flexibility index (Phi) is 4.92. The van der Waals surface area contributed by atoms with Gasteiger partial charge in [0.15, 0.2) is 0 Å². The average Bonchev–Trinajstić information content (AvgIpc) is 2.94. The smallest absolute Gasteiger partial charge is 0.325 e. The summed E-state index contributed by atoms with van der Waals surface area (Å²) in [5.74, 6) is -0.287. The van der Waals surface area contributed by atoms with Crippen molar-refractivity contribution in [2.45, 2.75) is 19.4 Å². The van der Waals surface area contributed by atoms with Gasteiger partial charge >= 0.3 is 12.1 Å². The first-order valence-electron chi connectivity index (χ1n) is 9.41. The van der Waals surface area contributed by atoms with E-state index in [-0.39, 0.29) is 30.9 Å². The number of hydrogen-bond acceptors (Lipinski definition) is 3. The SMILES string of the molecule is C[C@H]1CN(C)C(=O)N1c1ccc(-c2cccc(N3CCC(=O)NC3=O)c2Cl)cc1. The lowest BCUT2D eigenvalue weighted by Gasteiger charge is -2.28. The number of nitrogens with one attached hydrogen (secondary N) is 1. The molecule has 150 valence electrons. The summed E-state index contributed by atoms with van der Waals surface area (Å²) < 4.78 is 0. The van der Waals surface area contributed by atoms with Gasteiger partial charge in [0, 0.05) is 37.8 Å². The molecule has 0 bridgehead atoms. The van der Waals surface area contributed by atoms with E-state index in [2.05, 4.69) is 5.32 Å². The predicted octanol–water partition coefficient (Wildman–Crippen LogP) is 3.71. The normalized spacial score (nSPS) is 19.8. The predicted molar refractivity (Wildman–Crippen MR) is 112 cm³/mol. The molecule has 1 N–H and O–H groups in total. The summed E-state index contributed by atoms with van der Waals surface area (Å²) in [5.41, 5.74) is 3.04. The van der Waals surface area contributed by atoms with E-state index in [1.807, 2.05) is 43.3 Å². The van der Waals surface area contributed by atoms with E-state index in [0.29, 0.717) is 17.3 Å². The minimum Gasteiger partial charge on any atom is -0.325 e. The molecule has 2 aromatic carbocycles. The van der Waals surface area contributed by atoms with Gasteiger partial charge in [-0.05, 0) is 30.7 Å². The molecular weight excluding hydrogens is 392 g/mol. The Labute approximate surface area is 173 Å². The van der Waals surface area contributed by atoms with Crippen LogP contribution in [0.4, 0.5) is 21.0 Å². The van der Waals surface area contributed by atoms with Crippen molar-refractivity contribution in [1.29, 1.82) is 0 Å². The van der Waals surface area contributed by atoms with Crippen LogP contribution in [0.3, 0.4) is 0 Å². The van der Waals surface area contributed by atoms with Crippen LogP contribution in [0.5, 0.6) is 0 Å². The maximum atomic E-state index is 12.4. The molecule has 0 radical (unpaired) electrons. The van der Waals surface area contributed by atoms with Crippen LogP contribution in [0.1, 0.15) is 13.3 Å². The quantitative estimate of drug-likeness (QED) is 0.835. The van der Waals surface area contributed by atoms with Gasteiger partial charge in [-0.2, -0.15) is 0 Å². The Morgan fingerprint density at radius 1 is 1.07 bits per heavy atom. The van der Waals surface area contributed by atoms with Gasteiger partial charge < -0.3 is 4.90 Å². The third-order valence-electron chi connectivity index (χ3n) is 5.29. The Morgan fingerprint density at radius 2 is 1.79 bits per heavy atom. The third-order valence-corrected chi connectivity index (χ3v) is 5.69. The molecule has 7 nitrogen and oxygen atoms in total. The summed E-state index contributed by atoms with van der Waals surface area (Å²) in [7, 11) is 1.79. The summed E-state index contributed by atoms with van der Waals surface area (Å²) in [6.45, 7) is 2.99. The number of carbonyl (C=O) groups is 3. The van der Waals surface area contributed by atoms with Crippen molar-refractivity contribution in [3.05, 3.63) is 47.5 Å². The van der Waals surface area contributed by atoms with Crippen LogP contribution in [0, 0.1) is 0 Å². The number of carbonyl (C=O) groups excluding carboxylic acids is 3. The van der Waals surface area contributed by atoms with E-state index in [1.165, 1.54) is 4.90 Å². The molecule has 8 heteroatoms. The third kappa shape index (κ3) is 3.42. The molecule has 0 aliphatic carbocycles. The zero-order valence-electron chi connectivity index (χ0n) is 16.2. The minimum absolute atomic E-state index is 0.0177. The number of likely N-dealkylation sites (N-methyl/N-ethyl adjacent to an activating group) is 1. The molecule has 2 saturated heterocycles. The van der Waals surface area contributed by atoms with Crippen LogP contribution >= 0.6 is 11.6 Å². The lowest BCUT2D eigenvalue weighted by molar-refractivity contribution is -0.120. The van der Waals surface area contributed by atoms with Crippen LogP contribution in [-0.2, 0) is 4.79 Å². The lowest BCUT2D eigenvalue weighted by Crippen LogP contribution is -2.49. The molecule has 2 fully saturated rings. The van der Waals surface area contributed by atoms with Crippen LogP contribution in [-0.4, -0.2) is 49.0 Å². The Hall–Kier alpha value is -3.06. The first kappa shape index (κ1) is 19.3. The fourth-order valence-electron chi connectivity index (χ4n) is 3.84. The number of urea groups is 2. The summed E-state index contributed by atoms with van der Waals surface area (Å²) in [4.78, 5) is 40.9. The number of benzene rings is 2. The summed E-state index contributed by atoms with van der Waals surface area (Å²) in [5, 5.41) is 2.75. The van der Waals surface area contributed by atoms with Crippen LogP contribution in [0.25, 0.3) is 11.1 Å². The lowest BCUT2D eigenvalue weighted by atomic mass is 10.0. The molecule has 0 saturated carbocycles. The first-order valence-corrected chi connectivity index (χ1v) is 9.79. The van der Waals surface area contributed by atoms with Crippen molar-refractivity contribution >= 4 is 40.9 Å². The fraction of sp³-hybridized carbons (Fsp3) is 0.286. The van der Waals surface area contributed by atoms with Crippen molar-refractivity contribution in [1.82, 2.24) is 10.2 Å². The van der Waals surface area contributed by atoms with Crippen molar-refractivity contribution in [3.8, 4) is 11.1 Å². The molecule has 0 spiro atoms. The second kappa shape index (κ2) is 7.40. The van der Waals surface area contributed by atoms with E-state index in [4.69, 9.17) is 11.6 Å². The summed E-state index contributed by atoms with van der Waals surface area (Å²) >= 11 is 6.63. The second-order valence-electron chi connectivity index (χ2n) is 7.32. The largest absolute Gasteiger partial charge is 0.328 e. The highest BCUT2D eigenvalue weighted by atomic mass is 35.5. The standard InChI is InChI=1S/C21H21ClN4O3/c1-13-12-24(2)21(29)26(13)15-8-6-14(7-9-15)16-4-3-5-17(19(16)22)25-11-10-18(27)23-20(25)28/h3-9,13H,10-12H2,1-2H3,(H,23,27,28)/t13-/m0/s1. The van der Waals surface area contributed by atoms with E-state index < -0.39 is 6.03 Å². The number of hydrogen-bond donors (Lipinski definition) is 1. The van der Waals surface area contributed by atoms with Crippen LogP contribution < -0.4 is 15.1 Å². The minimum atomic E-state index is -0.471. The van der Waals surface area contributed by atoms with Crippen molar-refractivity contribution in [3.63, 3.8) is 0 Å². The molecule has 0 unspecified atom stereocenters. The van der Waals surface area contributed by atoms with Gasteiger partial charge in [-0.3, -0.25) is 19.9 Å². The van der Waals surface area contributed by atoms with Crippen molar-refractivity contribution in [2.75, 3.05) is 29.9 Å². The Morgan fingerprint density at radius 3 is 2.41 bits per heavy atom. The molecule has 1 atom stereocenters. The van der Waals surface area contributed by atoms with E-state index in [9.17, 15) is 14.4 Å². The molecule has 2 heterocycles. The molecule has 29 heavy (non-hydrogen) atoms. The van der Waals surface area contributed by atoms with Gasteiger partial charge in [-0.25, -0.2) is 9.59 Å². The van der Waals surface area contributed by atoms with Crippen LogP contribution in [0.15, 0.2) is 42.5 Å². The molecule has 2 aromatic rings. The Bertz CT molecular complexity index is 992. The van der Waals surface area contributed by atoms with E-state index >= 15 is 0 Å². The zero-order valence-corrected chi connectivity index (χ0v) is 16.9. The second-order valence-corrected chi connectivity index (χ2v) is 7.70. The topological polar surface area (TPSA) is 73.0 Å². The number of imide groups is 1. The first-order chi connectivity index (χ1) is 13.9. The zero-order chi connectivity index (χ0) is 20.7. The highest BCUT2D eigenvalue weighted by molar-refractivity contribution is 6.36. The van der Waals surface area contributed by atoms with Crippen molar-refractivity contribution in [2.24, 2.45) is 0 Å². The van der Waals surface area contributed by atoms with Gasteiger partial charge in [-0.15, -0.1) is 0 Å². The van der Waals surface area contributed by atoms with Gasteiger partial charge in [-0.1, -0.05) is 35.9 Å².